The van der Waals surface area contributed by atoms with Gasteiger partial charge in [0.1, 0.15) is 19.5 Å². The van der Waals surface area contributed by atoms with Crippen LogP contribution in [0.2, 0.25) is 0 Å². The Hall–Kier alpha value is -1.73. The van der Waals surface area contributed by atoms with E-state index < -0.39 is 0 Å². The molecular formula is C12H14N4O2S. The minimum atomic E-state index is -0.0917. The summed E-state index contributed by atoms with van der Waals surface area (Å²) in [7, 11) is 0. The SMILES string of the molecule is NC(CSc1ncn[nH]1)c1ccc2c(c1)OCCO2. The number of benzene rings is 1. The van der Waals surface area contributed by atoms with Gasteiger partial charge in [0.25, 0.3) is 0 Å². The maximum atomic E-state index is 6.17. The quantitative estimate of drug-likeness (QED) is 0.821. The van der Waals surface area contributed by atoms with Gasteiger partial charge in [-0.15, -0.1) is 0 Å². The largest absolute Gasteiger partial charge is 0.486 e. The van der Waals surface area contributed by atoms with Crippen LogP contribution < -0.4 is 15.2 Å². The zero-order valence-corrected chi connectivity index (χ0v) is 11.0. The van der Waals surface area contributed by atoms with Crippen molar-refractivity contribution in [2.24, 2.45) is 5.73 Å². The van der Waals surface area contributed by atoms with Crippen LogP contribution in [-0.4, -0.2) is 34.1 Å². The first-order valence-corrected chi connectivity index (χ1v) is 6.95. The third-order valence-electron chi connectivity index (χ3n) is 2.79. The van der Waals surface area contributed by atoms with Gasteiger partial charge in [0.2, 0.25) is 0 Å². The topological polar surface area (TPSA) is 86.1 Å². The van der Waals surface area contributed by atoms with Crippen LogP contribution in [0.15, 0.2) is 29.7 Å². The van der Waals surface area contributed by atoms with Gasteiger partial charge in [0.15, 0.2) is 16.7 Å². The van der Waals surface area contributed by atoms with Gasteiger partial charge in [0, 0.05) is 11.8 Å². The van der Waals surface area contributed by atoms with Crippen LogP contribution in [0.3, 0.4) is 0 Å². The molecule has 3 N–H and O–H groups in total. The molecule has 2 heterocycles. The number of nitrogens with one attached hydrogen (secondary N) is 1. The van der Waals surface area contributed by atoms with Crippen LogP contribution in [-0.2, 0) is 0 Å². The van der Waals surface area contributed by atoms with Crippen molar-refractivity contribution in [2.45, 2.75) is 11.2 Å². The van der Waals surface area contributed by atoms with Crippen LogP contribution >= 0.6 is 11.8 Å². The molecule has 2 aromatic rings. The molecule has 1 aliphatic rings. The molecule has 0 spiro atoms. The molecule has 0 aliphatic carbocycles. The van der Waals surface area contributed by atoms with E-state index in [9.17, 15) is 0 Å². The van der Waals surface area contributed by atoms with Crippen molar-refractivity contribution in [1.29, 1.82) is 0 Å². The van der Waals surface area contributed by atoms with Crippen LogP contribution in [0.4, 0.5) is 0 Å². The van der Waals surface area contributed by atoms with Crippen molar-refractivity contribution < 1.29 is 9.47 Å². The predicted octanol–water partition coefficient (Wildman–Crippen LogP) is 1.37. The van der Waals surface area contributed by atoms with Crippen molar-refractivity contribution in [2.75, 3.05) is 19.0 Å². The fourth-order valence-corrected chi connectivity index (χ4v) is 2.59. The standard InChI is InChI=1S/C12H14N4O2S/c13-9(6-19-12-14-7-15-16-12)8-1-2-10-11(5-8)18-4-3-17-10/h1-2,5,7,9H,3-4,6,13H2,(H,14,15,16). The summed E-state index contributed by atoms with van der Waals surface area (Å²) in [5, 5.41) is 7.36. The number of aromatic nitrogens is 3. The Morgan fingerprint density at radius 1 is 1.32 bits per heavy atom. The van der Waals surface area contributed by atoms with E-state index in [2.05, 4.69) is 15.2 Å². The van der Waals surface area contributed by atoms with E-state index >= 15 is 0 Å². The van der Waals surface area contributed by atoms with Gasteiger partial charge in [-0.1, -0.05) is 17.8 Å². The van der Waals surface area contributed by atoms with E-state index in [4.69, 9.17) is 15.2 Å². The maximum Gasteiger partial charge on any atom is 0.183 e. The summed E-state index contributed by atoms with van der Waals surface area (Å²) in [6.07, 6.45) is 1.48. The predicted molar refractivity (Wildman–Crippen MR) is 71.5 cm³/mol. The number of H-pyrrole nitrogens is 1. The van der Waals surface area contributed by atoms with Crippen molar-refractivity contribution in [1.82, 2.24) is 15.2 Å². The molecule has 1 aliphatic heterocycles. The summed E-state index contributed by atoms with van der Waals surface area (Å²) >= 11 is 1.54. The van der Waals surface area contributed by atoms with Gasteiger partial charge in [-0.3, -0.25) is 5.10 Å². The van der Waals surface area contributed by atoms with E-state index in [0.29, 0.717) is 13.2 Å². The highest BCUT2D eigenvalue weighted by atomic mass is 32.2. The van der Waals surface area contributed by atoms with Crippen LogP contribution in [0.25, 0.3) is 0 Å². The Bertz CT molecular complexity index is 547. The Morgan fingerprint density at radius 2 is 2.16 bits per heavy atom. The van der Waals surface area contributed by atoms with E-state index in [1.807, 2.05) is 18.2 Å². The highest BCUT2D eigenvalue weighted by molar-refractivity contribution is 7.99. The van der Waals surface area contributed by atoms with Gasteiger partial charge >= 0.3 is 0 Å². The molecule has 0 saturated carbocycles. The molecule has 1 atom stereocenters. The summed E-state index contributed by atoms with van der Waals surface area (Å²) in [5.74, 6) is 2.27. The molecule has 7 heteroatoms. The Labute approximate surface area is 114 Å². The molecule has 100 valence electrons. The second-order valence-corrected chi connectivity index (χ2v) is 5.12. The fourth-order valence-electron chi connectivity index (χ4n) is 1.82. The molecule has 19 heavy (non-hydrogen) atoms. The summed E-state index contributed by atoms with van der Waals surface area (Å²) in [6, 6.07) is 5.73. The average molecular weight is 278 g/mol. The Morgan fingerprint density at radius 3 is 2.95 bits per heavy atom. The second-order valence-electron chi connectivity index (χ2n) is 4.11. The van der Waals surface area contributed by atoms with E-state index in [0.717, 1.165) is 28.0 Å². The van der Waals surface area contributed by atoms with Crippen molar-refractivity contribution in [3.05, 3.63) is 30.1 Å². The number of nitrogens with zero attached hydrogens (tertiary/aromatic N) is 2. The number of hydrogen-bond donors (Lipinski definition) is 2. The molecule has 0 radical (unpaired) electrons. The lowest BCUT2D eigenvalue weighted by molar-refractivity contribution is 0.171. The van der Waals surface area contributed by atoms with Crippen molar-refractivity contribution >= 4 is 11.8 Å². The van der Waals surface area contributed by atoms with Crippen molar-refractivity contribution in [3.63, 3.8) is 0 Å². The maximum absolute atomic E-state index is 6.17. The molecule has 3 rings (SSSR count). The number of ether oxygens (including phenoxy) is 2. The molecule has 1 aromatic carbocycles. The Kier molecular flexibility index (Phi) is 3.56. The molecule has 0 saturated heterocycles. The van der Waals surface area contributed by atoms with Gasteiger partial charge in [-0.05, 0) is 17.7 Å². The minimum absolute atomic E-state index is 0.0917. The van der Waals surface area contributed by atoms with Gasteiger partial charge < -0.3 is 15.2 Å². The smallest absolute Gasteiger partial charge is 0.183 e. The normalized spacial score (nSPS) is 15.2. The monoisotopic (exact) mass is 278 g/mol. The van der Waals surface area contributed by atoms with Gasteiger partial charge in [-0.25, -0.2) is 4.98 Å². The first-order chi connectivity index (χ1) is 9.33. The summed E-state index contributed by atoms with van der Waals surface area (Å²) in [5.41, 5.74) is 7.19. The highest BCUT2D eigenvalue weighted by Crippen LogP contribution is 2.33. The molecule has 1 unspecified atom stereocenters. The Balaban J connectivity index is 1.67. The summed E-state index contributed by atoms with van der Waals surface area (Å²) in [4.78, 5) is 4.05. The average Bonchev–Trinajstić information content (AvgIpc) is 2.97. The zero-order chi connectivity index (χ0) is 13.1. The molecule has 6 nitrogen and oxygen atoms in total. The zero-order valence-electron chi connectivity index (χ0n) is 10.2. The second kappa shape index (κ2) is 5.50. The number of thioether (sulfide) groups is 1. The lowest BCUT2D eigenvalue weighted by atomic mass is 10.1. The fraction of sp³-hybridized carbons (Fsp3) is 0.333. The van der Waals surface area contributed by atoms with Crippen LogP contribution in [0.1, 0.15) is 11.6 Å². The first-order valence-electron chi connectivity index (χ1n) is 5.96. The number of rotatable bonds is 4. The van der Waals surface area contributed by atoms with Crippen LogP contribution in [0, 0.1) is 0 Å². The number of fused-ring (bicyclic) bond motifs is 1. The lowest BCUT2D eigenvalue weighted by Gasteiger charge is -2.20. The van der Waals surface area contributed by atoms with Crippen molar-refractivity contribution in [3.8, 4) is 11.5 Å². The number of nitrogens with two attached hydrogens (primary N) is 1. The highest BCUT2D eigenvalue weighted by Gasteiger charge is 2.15. The molecule has 0 amide bonds. The van der Waals surface area contributed by atoms with Gasteiger partial charge in [0.05, 0.1) is 0 Å². The van der Waals surface area contributed by atoms with E-state index in [-0.39, 0.29) is 6.04 Å². The number of hydrogen-bond acceptors (Lipinski definition) is 6. The van der Waals surface area contributed by atoms with E-state index in [1.54, 1.807) is 11.8 Å². The lowest BCUT2D eigenvalue weighted by Crippen LogP contribution is -2.17. The molecule has 1 aromatic heterocycles. The van der Waals surface area contributed by atoms with E-state index in [1.165, 1.54) is 6.33 Å². The molecule has 0 bridgehead atoms. The van der Waals surface area contributed by atoms with Gasteiger partial charge in [-0.2, -0.15) is 5.10 Å². The molecular weight excluding hydrogens is 264 g/mol. The minimum Gasteiger partial charge on any atom is -0.486 e. The number of aromatic amines is 1. The third kappa shape index (κ3) is 2.82. The first kappa shape index (κ1) is 12.3. The molecule has 0 fully saturated rings. The van der Waals surface area contributed by atoms with Crippen LogP contribution in [0.5, 0.6) is 11.5 Å². The summed E-state index contributed by atoms with van der Waals surface area (Å²) in [6.45, 7) is 1.18. The summed E-state index contributed by atoms with van der Waals surface area (Å²) < 4.78 is 11.0. The third-order valence-corrected chi connectivity index (χ3v) is 3.78.